The zero-order valence-electron chi connectivity index (χ0n) is 24.1. The van der Waals surface area contributed by atoms with Crippen LogP contribution in [0.15, 0.2) is 0 Å². The van der Waals surface area contributed by atoms with Crippen LogP contribution in [-0.2, 0) is 16.1 Å². The average molecular weight is 752 g/mol. The number of anilines is 2. The lowest BCUT2D eigenvalue weighted by atomic mass is 9.93. The van der Waals surface area contributed by atoms with Gasteiger partial charge in [0.05, 0.1) is 24.3 Å². The fourth-order valence-corrected chi connectivity index (χ4v) is 4.22. The predicted octanol–water partition coefficient (Wildman–Crippen LogP) is 6.97. The summed E-state index contributed by atoms with van der Waals surface area (Å²) in [6, 6.07) is 0. The summed E-state index contributed by atoms with van der Waals surface area (Å²) in [6.45, 7) is -6.02. The molecule has 49 heavy (non-hydrogen) atoms. The third kappa shape index (κ3) is 6.85. The monoisotopic (exact) mass is 752 g/mol. The molecule has 2 aromatic rings. The smallest absolute Gasteiger partial charge is 0.436 e. The van der Waals surface area contributed by atoms with Crippen molar-refractivity contribution in [2.45, 2.75) is 36.0 Å². The number of ether oxygens (including phenoxy) is 3. The fraction of sp³-hybridized carbons (Fsp3) is 0.583. The number of fused-ring (bicyclic) bond motifs is 4. The molecule has 3 heterocycles. The highest BCUT2D eigenvalue weighted by molar-refractivity contribution is 5.52. The molecule has 0 atom stereocenters. The van der Waals surface area contributed by atoms with Gasteiger partial charge >= 0.3 is 36.0 Å². The fourth-order valence-electron chi connectivity index (χ4n) is 4.22. The second-order valence-corrected chi connectivity index (χ2v) is 9.95. The number of nitrogens with zero attached hydrogens (tertiary/aromatic N) is 4. The van der Waals surface area contributed by atoms with E-state index in [2.05, 4.69) is 19.4 Å². The lowest BCUT2D eigenvalue weighted by molar-refractivity contribution is -0.351. The van der Waals surface area contributed by atoms with Gasteiger partial charge in [-0.3, -0.25) is 0 Å². The first-order valence-electron chi connectivity index (χ1n) is 12.8. The Labute approximate surface area is 261 Å². The average Bonchev–Trinajstić information content (AvgIpc) is 2.94. The van der Waals surface area contributed by atoms with Crippen LogP contribution in [0.2, 0.25) is 0 Å². The quantitative estimate of drug-likeness (QED) is 0.308. The van der Waals surface area contributed by atoms with E-state index >= 15 is 17.6 Å². The molecule has 1 aliphatic heterocycles. The Morgan fingerprint density at radius 2 is 0.755 bits per heavy atom. The maximum absolute atomic E-state index is 15.3. The van der Waals surface area contributed by atoms with Crippen LogP contribution in [0.4, 0.5) is 90.7 Å². The van der Waals surface area contributed by atoms with E-state index in [0.29, 0.717) is 14.1 Å². The zero-order chi connectivity index (χ0) is 37.7. The standard InChI is InChI=1S/C24H18F18N4O3/c1-45-3-4-46(2)16-12(26)10(20(30,23(37,38)39)24(40,41)42)14(28)18(44-16)49-8-6-47-5-7-48-17-13(27)9(11(25)15(45)43-17)19(29,21(31,32)33)22(34,35)36/h3-8H2,1-2H3. The van der Waals surface area contributed by atoms with Crippen LogP contribution < -0.4 is 19.3 Å². The molecule has 0 amide bonds. The van der Waals surface area contributed by atoms with Crippen molar-refractivity contribution >= 4 is 11.6 Å². The van der Waals surface area contributed by atoms with E-state index in [9.17, 15) is 61.5 Å². The maximum Gasteiger partial charge on any atom is 0.436 e. The van der Waals surface area contributed by atoms with Crippen molar-refractivity contribution in [3.63, 3.8) is 0 Å². The Balaban J connectivity index is 2.26. The van der Waals surface area contributed by atoms with Gasteiger partial charge in [-0.15, -0.1) is 0 Å². The molecule has 3 rings (SSSR count). The van der Waals surface area contributed by atoms with Gasteiger partial charge in [-0.05, 0) is 0 Å². The molecule has 0 unspecified atom stereocenters. The molecule has 278 valence electrons. The molecule has 0 fully saturated rings. The molecule has 0 spiro atoms. The Kier molecular flexibility index (Phi) is 10.6. The minimum absolute atomic E-state index is 0.216. The largest absolute Gasteiger partial charge is 0.473 e. The summed E-state index contributed by atoms with van der Waals surface area (Å²) in [5, 5.41) is 0. The zero-order valence-corrected chi connectivity index (χ0v) is 24.1. The highest BCUT2D eigenvalue weighted by Crippen LogP contribution is 2.57. The van der Waals surface area contributed by atoms with Gasteiger partial charge in [0.2, 0.25) is 0 Å². The van der Waals surface area contributed by atoms with Crippen molar-refractivity contribution in [1.82, 2.24) is 9.97 Å². The third-order valence-electron chi connectivity index (χ3n) is 6.74. The van der Waals surface area contributed by atoms with Crippen molar-refractivity contribution < 1.29 is 93.2 Å². The van der Waals surface area contributed by atoms with Gasteiger partial charge in [0.15, 0.2) is 34.9 Å². The second-order valence-electron chi connectivity index (χ2n) is 9.95. The van der Waals surface area contributed by atoms with Crippen molar-refractivity contribution in [3.8, 4) is 11.8 Å². The normalized spacial score (nSPS) is 16.7. The molecule has 1 aliphatic rings. The first-order chi connectivity index (χ1) is 22.1. The first-order valence-corrected chi connectivity index (χ1v) is 12.8. The Hall–Kier alpha value is -3.80. The van der Waals surface area contributed by atoms with Gasteiger partial charge in [0.1, 0.15) is 13.2 Å². The minimum Gasteiger partial charge on any atom is -0.473 e. The van der Waals surface area contributed by atoms with E-state index in [1.165, 1.54) is 0 Å². The van der Waals surface area contributed by atoms with E-state index in [1.807, 2.05) is 0 Å². The van der Waals surface area contributed by atoms with E-state index in [-0.39, 0.29) is 9.80 Å². The Bertz CT molecular complexity index is 1390. The van der Waals surface area contributed by atoms with Crippen molar-refractivity contribution in [1.29, 1.82) is 0 Å². The van der Waals surface area contributed by atoms with Crippen LogP contribution in [0.25, 0.3) is 0 Å². The Morgan fingerprint density at radius 1 is 0.469 bits per heavy atom. The summed E-state index contributed by atoms with van der Waals surface area (Å²) >= 11 is 0. The van der Waals surface area contributed by atoms with Crippen molar-refractivity contribution in [3.05, 3.63) is 34.4 Å². The van der Waals surface area contributed by atoms with Crippen LogP contribution in [0, 0.1) is 23.3 Å². The first kappa shape index (κ1) is 39.6. The van der Waals surface area contributed by atoms with Crippen LogP contribution in [0.5, 0.6) is 11.8 Å². The molecule has 4 bridgehead atoms. The van der Waals surface area contributed by atoms with Gasteiger partial charge in [-0.25, -0.2) is 26.3 Å². The number of halogens is 18. The van der Waals surface area contributed by atoms with E-state index in [4.69, 9.17) is 4.74 Å². The van der Waals surface area contributed by atoms with Crippen LogP contribution in [0.1, 0.15) is 11.1 Å². The summed E-state index contributed by atoms with van der Waals surface area (Å²) < 4.78 is 267. The maximum atomic E-state index is 15.3. The van der Waals surface area contributed by atoms with Crippen LogP contribution >= 0.6 is 0 Å². The Morgan fingerprint density at radius 3 is 1.02 bits per heavy atom. The molecule has 7 nitrogen and oxygen atoms in total. The molecule has 0 radical (unpaired) electrons. The molecule has 0 saturated carbocycles. The number of aromatic nitrogens is 2. The van der Waals surface area contributed by atoms with Crippen LogP contribution in [0.3, 0.4) is 0 Å². The number of pyridine rings is 2. The predicted molar refractivity (Wildman–Crippen MR) is 126 cm³/mol. The van der Waals surface area contributed by atoms with Gasteiger partial charge in [-0.1, -0.05) is 0 Å². The summed E-state index contributed by atoms with van der Waals surface area (Å²) in [7, 11) is 1.19. The molecule has 0 N–H and O–H groups in total. The summed E-state index contributed by atoms with van der Waals surface area (Å²) in [5.74, 6) is -18.6. The number of likely N-dealkylation sites (N-methyl/N-ethyl adjacent to an activating group) is 2. The van der Waals surface area contributed by atoms with Crippen molar-refractivity contribution in [2.75, 3.05) is 63.4 Å². The molecule has 0 aromatic carbocycles. The van der Waals surface area contributed by atoms with Gasteiger partial charge < -0.3 is 24.0 Å². The van der Waals surface area contributed by atoms with E-state index in [0.717, 1.165) is 0 Å². The van der Waals surface area contributed by atoms with E-state index < -0.39 is 133 Å². The molecule has 2 aromatic heterocycles. The molecule has 25 heteroatoms. The third-order valence-corrected chi connectivity index (χ3v) is 6.74. The SMILES string of the molecule is CN1CCN(C)c2nc(c(F)c(C(F)(C(F)(F)F)C(F)(F)F)c2F)OCCOCCOc2nc1c(F)c(C(F)(C(F)(F)F)C(F)(F)F)c2F. The van der Waals surface area contributed by atoms with Crippen molar-refractivity contribution in [2.24, 2.45) is 0 Å². The number of hydrogen-bond donors (Lipinski definition) is 0. The molecule has 0 aliphatic carbocycles. The summed E-state index contributed by atoms with van der Waals surface area (Å²) in [5.41, 5.74) is -20.0. The lowest BCUT2D eigenvalue weighted by Gasteiger charge is -2.33. The minimum atomic E-state index is -7.06. The van der Waals surface area contributed by atoms with Gasteiger partial charge in [-0.2, -0.15) is 62.7 Å². The molecule has 0 saturated heterocycles. The lowest BCUT2D eigenvalue weighted by Crippen LogP contribution is -2.52. The highest BCUT2D eigenvalue weighted by atomic mass is 19.4. The van der Waals surface area contributed by atoms with E-state index in [1.54, 1.807) is 0 Å². The van der Waals surface area contributed by atoms with Crippen LogP contribution in [-0.4, -0.2) is 88.3 Å². The molecular weight excluding hydrogens is 734 g/mol. The summed E-state index contributed by atoms with van der Waals surface area (Å²) in [6.07, 6.45) is -28.2. The van der Waals surface area contributed by atoms with Gasteiger partial charge in [0.25, 0.3) is 11.8 Å². The highest BCUT2D eigenvalue weighted by Gasteiger charge is 2.77. The topological polar surface area (TPSA) is 60.0 Å². The molecular formula is C24H18F18N4O3. The number of alkyl halides is 14. The number of hydrogen-bond acceptors (Lipinski definition) is 7. The summed E-state index contributed by atoms with van der Waals surface area (Å²) in [4.78, 5) is 6.70. The van der Waals surface area contributed by atoms with Gasteiger partial charge in [0, 0.05) is 27.2 Å². The number of rotatable bonds is 2. The second kappa shape index (κ2) is 13.2.